The molecular formula is C8H9F4N3O. The Bertz CT molecular complexity index is 372. The fourth-order valence-electron chi connectivity index (χ4n) is 0.813. The van der Waals surface area contributed by atoms with E-state index >= 15 is 0 Å². The fraction of sp³-hybridized carbons (Fsp3) is 0.500. The zero-order valence-electron chi connectivity index (χ0n) is 8.25. The second kappa shape index (κ2) is 4.50. The fourth-order valence-corrected chi connectivity index (χ4v) is 0.813. The summed E-state index contributed by atoms with van der Waals surface area (Å²) in [4.78, 5) is 7.07. The lowest BCUT2D eigenvalue weighted by Crippen LogP contribution is -2.34. The third-order valence-corrected chi connectivity index (χ3v) is 1.66. The van der Waals surface area contributed by atoms with Crippen molar-refractivity contribution in [3.63, 3.8) is 0 Å². The van der Waals surface area contributed by atoms with Gasteiger partial charge in [0.1, 0.15) is 0 Å². The number of nitrogens with zero attached hydrogens (tertiary/aromatic N) is 2. The van der Waals surface area contributed by atoms with Crippen molar-refractivity contribution in [1.29, 1.82) is 0 Å². The van der Waals surface area contributed by atoms with E-state index in [0.29, 0.717) is 5.56 Å². The molecule has 0 aliphatic rings. The molecule has 4 nitrogen and oxygen atoms in total. The van der Waals surface area contributed by atoms with Gasteiger partial charge in [-0.25, -0.2) is 13.8 Å². The average Bonchev–Trinajstić information content (AvgIpc) is 2.19. The Kier molecular flexibility index (Phi) is 3.51. The summed E-state index contributed by atoms with van der Waals surface area (Å²) in [5.74, 6) is -4.62. The van der Waals surface area contributed by atoms with Crippen LogP contribution in [0.3, 0.4) is 0 Å². The molecule has 1 aromatic heterocycles. The first kappa shape index (κ1) is 12.5. The van der Waals surface area contributed by atoms with Crippen LogP contribution in [0.2, 0.25) is 0 Å². The largest absolute Gasteiger partial charge is 0.471 e. The van der Waals surface area contributed by atoms with Crippen molar-refractivity contribution in [2.75, 3.05) is 12.3 Å². The van der Waals surface area contributed by atoms with Crippen LogP contribution in [-0.4, -0.2) is 28.9 Å². The zero-order valence-corrected chi connectivity index (χ0v) is 8.25. The van der Waals surface area contributed by atoms with Crippen LogP contribution >= 0.6 is 0 Å². The van der Waals surface area contributed by atoms with E-state index in [1.54, 1.807) is 0 Å². The van der Waals surface area contributed by atoms with Crippen LogP contribution in [0.15, 0.2) is 6.20 Å². The molecule has 1 rings (SSSR count). The predicted molar refractivity (Wildman–Crippen MR) is 47.6 cm³/mol. The Morgan fingerprint density at radius 2 is 2.12 bits per heavy atom. The smallest absolute Gasteiger partial charge is 0.340 e. The third-order valence-electron chi connectivity index (χ3n) is 1.66. The Balaban J connectivity index is 2.71. The van der Waals surface area contributed by atoms with Crippen molar-refractivity contribution in [1.82, 2.24) is 9.97 Å². The molecule has 16 heavy (non-hydrogen) atoms. The van der Waals surface area contributed by atoms with E-state index in [4.69, 9.17) is 5.73 Å². The van der Waals surface area contributed by atoms with Crippen molar-refractivity contribution in [3.05, 3.63) is 11.8 Å². The molecule has 0 atom stereocenters. The van der Waals surface area contributed by atoms with Crippen molar-refractivity contribution in [2.24, 2.45) is 0 Å². The number of hydrogen-bond donors (Lipinski definition) is 1. The number of anilines is 1. The lowest BCUT2D eigenvalue weighted by atomic mass is 10.3. The van der Waals surface area contributed by atoms with Gasteiger partial charge in [0.2, 0.25) is 11.8 Å². The minimum Gasteiger partial charge on any atom is -0.471 e. The molecule has 0 unspecified atom stereocenters. The highest BCUT2D eigenvalue weighted by molar-refractivity contribution is 5.28. The highest BCUT2D eigenvalue weighted by Gasteiger charge is 2.41. The molecule has 0 saturated carbocycles. The maximum absolute atomic E-state index is 12.5. The SMILES string of the molecule is Cc1cnc(N)nc1OCC(F)(F)C(F)F. The number of halogens is 4. The van der Waals surface area contributed by atoms with Gasteiger partial charge in [0.25, 0.3) is 0 Å². The monoisotopic (exact) mass is 239 g/mol. The second-order valence-corrected chi connectivity index (χ2v) is 3.07. The van der Waals surface area contributed by atoms with Crippen LogP contribution in [0, 0.1) is 6.92 Å². The number of rotatable bonds is 4. The summed E-state index contributed by atoms with van der Waals surface area (Å²) < 4.78 is 53.1. The van der Waals surface area contributed by atoms with Gasteiger partial charge in [0, 0.05) is 11.8 Å². The molecule has 90 valence electrons. The molecule has 0 bridgehead atoms. The first-order chi connectivity index (χ1) is 7.33. The highest BCUT2D eigenvalue weighted by atomic mass is 19.3. The van der Waals surface area contributed by atoms with E-state index in [-0.39, 0.29) is 11.8 Å². The molecule has 0 aliphatic carbocycles. The highest BCUT2D eigenvalue weighted by Crippen LogP contribution is 2.24. The van der Waals surface area contributed by atoms with E-state index < -0.39 is 19.0 Å². The Labute approximate surface area is 88.4 Å². The van der Waals surface area contributed by atoms with Crippen molar-refractivity contribution in [2.45, 2.75) is 19.3 Å². The van der Waals surface area contributed by atoms with Crippen molar-refractivity contribution in [3.8, 4) is 5.88 Å². The van der Waals surface area contributed by atoms with Crippen LogP contribution < -0.4 is 10.5 Å². The lowest BCUT2D eigenvalue weighted by molar-refractivity contribution is -0.148. The van der Waals surface area contributed by atoms with Gasteiger partial charge < -0.3 is 10.5 Å². The summed E-state index contributed by atoms with van der Waals surface area (Å²) in [6, 6.07) is 0. The van der Waals surface area contributed by atoms with Gasteiger partial charge >= 0.3 is 12.3 Å². The second-order valence-electron chi connectivity index (χ2n) is 3.07. The molecule has 0 saturated heterocycles. The standard InChI is InChI=1S/C8H9F4N3O/c1-4-2-14-7(13)15-5(4)16-3-8(11,12)6(9)10/h2,6H,3H2,1H3,(H2,13,14,15). The topological polar surface area (TPSA) is 61.0 Å². The number of alkyl halides is 4. The van der Waals surface area contributed by atoms with E-state index in [2.05, 4.69) is 14.7 Å². The Morgan fingerprint density at radius 3 is 2.69 bits per heavy atom. The van der Waals surface area contributed by atoms with Crippen LogP contribution in [0.25, 0.3) is 0 Å². The van der Waals surface area contributed by atoms with Gasteiger partial charge in [-0.3, -0.25) is 0 Å². The predicted octanol–water partition coefficient (Wildman–Crippen LogP) is 1.65. The molecule has 1 aromatic rings. The minimum absolute atomic E-state index is 0.180. The molecule has 8 heteroatoms. The van der Waals surface area contributed by atoms with Crippen LogP contribution in [0.1, 0.15) is 5.56 Å². The zero-order chi connectivity index (χ0) is 12.3. The summed E-state index contributed by atoms with van der Waals surface area (Å²) in [6.45, 7) is 0.0251. The summed E-state index contributed by atoms with van der Waals surface area (Å²) >= 11 is 0. The van der Waals surface area contributed by atoms with E-state index in [1.807, 2.05) is 0 Å². The number of aromatic nitrogens is 2. The Hall–Kier alpha value is -1.60. The Morgan fingerprint density at radius 1 is 1.50 bits per heavy atom. The van der Waals surface area contributed by atoms with Crippen molar-refractivity contribution < 1.29 is 22.3 Å². The molecule has 0 radical (unpaired) electrons. The quantitative estimate of drug-likeness (QED) is 0.811. The molecule has 1 heterocycles. The van der Waals surface area contributed by atoms with E-state index in [9.17, 15) is 17.6 Å². The summed E-state index contributed by atoms with van der Waals surface area (Å²) in [7, 11) is 0. The van der Waals surface area contributed by atoms with E-state index in [0.717, 1.165) is 0 Å². The number of nitrogen functional groups attached to an aromatic ring is 1. The maximum Gasteiger partial charge on any atom is 0.340 e. The summed E-state index contributed by atoms with van der Waals surface area (Å²) in [5.41, 5.74) is 5.52. The summed E-state index contributed by atoms with van der Waals surface area (Å²) in [5, 5.41) is 0. The van der Waals surface area contributed by atoms with E-state index in [1.165, 1.54) is 13.1 Å². The number of hydrogen-bond acceptors (Lipinski definition) is 4. The van der Waals surface area contributed by atoms with Gasteiger partial charge in [-0.1, -0.05) is 0 Å². The molecule has 0 fully saturated rings. The first-order valence-electron chi connectivity index (χ1n) is 4.21. The number of aryl methyl sites for hydroxylation is 1. The van der Waals surface area contributed by atoms with Gasteiger partial charge in [-0.2, -0.15) is 13.8 Å². The molecule has 0 amide bonds. The normalized spacial score (nSPS) is 11.9. The molecule has 0 aliphatic heterocycles. The lowest BCUT2D eigenvalue weighted by Gasteiger charge is -2.16. The van der Waals surface area contributed by atoms with Crippen LogP contribution in [-0.2, 0) is 0 Å². The van der Waals surface area contributed by atoms with Gasteiger partial charge in [0.15, 0.2) is 6.61 Å². The molecular weight excluding hydrogens is 230 g/mol. The van der Waals surface area contributed by atoms with Gasteiger partial charge in [-0.05, 0) is 6.92 Å². The van der Waals surface area contributed by atoms with Crippen LogP contribution in [0.5, 0.6) is 5.88 Å². The molecule has 2 N–H and O–H groups in total. The average molecular weight is 239 g/mol. The number of ether oxygens (including phenoxy) is 1. The van der Waals surface area contributed by atoms with Gasteiger partial charge in [-0.15, -0.1) is 0 Å². The third kappa shape index (κ3) is 2.94. The molecule has 0 aromatic carbocycles. The molecule has 0 spiro atoms. The van der Waals surface area contributed by atoms with Gasteiger partial charge in [0.05, 0.1) is 0 Å². The number of nitrogens with two attached hydrogens (primary N) is 1. The maximum atomic E-state index is 12.5. The summed E-state index contributed by atoms with van der Waals surface area (Å²) in [6.07, 6.45) is -2.54. The van der Waals surface area contributed by atoms with Crippen molar-refractivity contribution >= 4 is 5.95 Å². The first-order valence-corrected chi connectivity index (χ1v) is 4.21. The minimum atomic E-state index is -4.22. The van der Waals surface area contributed by atoms with Crippen LogP contribution in [0.4, 0.5) is 23.5 Å².